The molecule has 3 nitrogen and oxygen atoms in total. The Morgan fingerprint density at radius 2 is 2.10 bits per heavy atom. The molecule has 0 aromatic heterocycles. The zero-order chi connectivity index (χ0) is 14.0. The van der Waals surface area contributed by atoms with E-state index in [9.17, 15) is 4.79 Å². The number of rotatable bonds is 4. The van der Waals surface area contributed by atoms with Gasteiger partial charge >= 0.3 is 0 Å². The van der Waals surface area contributed by atoms with Crippen molar-refractivity contribution < 1.29 is 4.79 Å². The summed E-state index contributed by atoms with van der Waals surface area (Å²) in [4.78, 5) is 14.0. The van der Waals surface area contributed by atoms with Gasteiger partial charge in [-0.25, -0.2) is 0 Å². The molecule has 1 aromatic rings. The van der Waals surface area contributed by atoms with Crippen LogP contribution in [0.1, 0.15) is 12.5 Å². The minimum absolute atomic E-state index is 0. The summed E-state index contributed by atoms with van der Waals surface area (Å²) in [7, 11) is 1.81. The maximum Gasteiger partial charge on any atom is 0.225 e. The quantitative estimate of drug-likeness (QED) is 0.915. The molecule has 0 spiro atoms. The van der Waals surface area contributed by atoms with E-state index in [4.69, 9.17) is 23.2 Å². The lowest BCUT2D eigenvalue weighted by Crippen LogP contribution is -2.49. The van der Waals surface area contributed by atoms with Crippen molar-refractivity contribution in [2.45, 2.75) is 13.5 Å². The van der Waals surface area contributed by atoms with Gasteiger partial charge in [0.05, 0.1) is 10.0 Å². The lowest BCUT2D eigenvalue weighted by atomic mass is 9.88. The molecular formula is C14H19Cl3N2O. The molecule has 1 saturated heterocycles. The lowest BCUT2D eigenvalue weighted by Gasteiger charge is -2.34. The largest absolute Gasteiger partial charge is 0.341 e. The number of halogens is 3. The van der Waals surface area contributed by atoms with E-state index in [1.807, 2.05) is 26.1 Å². The highest BCUT2D eigenvalue weighted by Crippen LogP contribution is 2.27. The van der Waals surface area contributed by atoms with Gasteiger partial charge < -0.3 is 10.2 Å². The zero-order valence-electron chi connectivity index (χ0n) is 11.5. The van der Waals surface area contributed by atoms with Gasteiger partial charge in [-0.3, -0.25) is 4.79 Å². The first-order valence-corrected chi connectivity index (χ1v) is 7.15. The monoisotopic (exact) mass is 336 g/mol. The molecule has 1 aliphatic rings. The number of benzene rings is 1. The summed E-state index contributed by atoms with van der Waals surface area (Å²) in [5.74, 6) is 0.650. The third-order valence-corrected chi connectivity index (χ3v) is 4.58. The van der Waals surface area contributed by atoms with Crippen molar-refractivity contribution in [1.29, 1.82) is 0 Å². The number of amides is 1. The van der Waals surface area contributed by atoms with Crippen LogP contribution >= 0.6 is 35.6 Å². The Kier molecular flexibility index (Phi) is 6.59. The summed E-state index contributed by atoms with van der Waals surface area (Å²) in [6, 6.07) is 5.49. The lowest BCUT2D eigenvalue weighted by molar-refractivity contribution is -0.136. The minimum atomic E-state index is 0. The van der Waals surface area contributed by atoms with E-state index in [-0.39, 0.29) is 24.2 Å². The summed E-state index contributed by atoms with van der Waals surface area (Å²) < 4.78 is 0. The number of carbonyl (C=O) groups is 1. The van der Waals surface area contributed by atoms with E-state index >= 15 is 0 Å². The molecule has 0 saturated carbocycles. The Labute approximate surface area is 136 Å². The van der Waals surface area contributed by atoms with Crippen LogP contribution in [-0.2, 0) is 11.3 Å². The number of nitrogens with zero attached hydrogens (tertiary/aromatic N) is 1. The van der Waals surface area contributed by atoms with Crippen LogP contribution in [-0.4, -0.2) is 30.9 Å². The molecule has 2 rings (SSSR count). The third-order valence-electron chi connectivity index (χ3n) is 3.72. The van der Waals surface area contributed by atoms with Crippen molar-refractivity contribution in [3.05, 3.63) is 33.8 Å². The first kappa shape index (κ1) is 17.6. The molecule has 1 amide bonds. The average Bonchev–Trinajstić information content (AvgIpc) is 2.31. The van der Waals surface area contributed by atoms with Crippen LogP contribution in [0.15, 0.2) is 18.2 Å². The Hall–Kier alpha value is -0.480. The Morgan fingerprint density at radius 3 is 2.65 bits per heavy atom. The highest BCUT2D eigenvalue weighted by atomic mass is 35.5. The van der Waals surface area contributed by atoms with Crippen LogP contribution in [0.25, 0.3) is 0 Å². The molecule has 1 atom stereocenters. The number of carbonyl (C=O) groups excluding carboxylic acids is 1. The topological polar surface area (TPSA) is 32.3 Å². The van der Waals surface area contributed by atoms with Crippen LogP contribution in [0, 0.1) is 11.8 Å². The number of hydrogen-bond donors (Lipinski definition) is 1. The predicted octanol–water partition coefficient (Wildman–Crippen LogP) is 3.23. The number of hydrogen-bond acceptors (Lipinski definition) is 2. The van der Waals surface area contributed by atoms with E-state index in [0.717, 1.165) is 18.7 Å². The first-order valence-electron chi connectivity index (χ1n) is 6.39. The van der Waals surface area contributed by atoms with E-state index in [2.05, 4.69) is 5.32 Å². The minimum Gasteiger partial charge on any atom is -0.341 e. The van der Waals surface area contributed by atoms with E-state index in [1.165, 1.54) is 0 Å². The molecule has 1 fully saturated rings. The van der Waals surface area contributed by atoms with Crippen LogP contribution in [0.2, 0.25) is 10.0 Å². The van der Waals surface area contributed by atoms with E-state index < -0.39 is 0 Å². The molecular weight excluding hydrogens is 319 g/mol. The van der Waals surface area contributed by atoms with Gasteiger partial charge in [0.25, 0.3) is 0 Å². The second-order valence-corrected chi connectivity index (χ2v) is 5.90. The molecule has 1 aliphatic heterocycles. The van der Waals surface area contributed by atoms with Gasteiger partial charge in [-0.2, -0.15) is 0 Å². The normalized spacial score (nSPS) is 16.0. The predicted molar refractivity (Wildman–Crippen MR) is 85.7 cm³/mol. The van der Waals surface area contributed by atoms with Crippen LogP contribution in [0.4, 0.5) is 0 Å². The summed E-state index contributed by atoms with van der Waals surface area (Å²) in [5.41, 5.74) is 0.879. The van der Waals surface area contributed by atoms with Gasteiger partial charge in [-0.1, -0.05) is 42.3 Å². The second kappa shape index (κ2) is 7.51. The molecule has 6 heteroatoms. The third kappa shape index (κ3) is 3.79. The van der Waals surface area contributed by atoms with Crippen molar-refractivity contribution in [1.82, 2.24) is 10.2 Å². The highest BCUT2D eigenvalue weighted by molar-refractivity contribution is 6.42. The summed E-state index contributed by atoms with van der Waals surface area (Å²) >= 11 is 12.1. The molecule has 1 heterocycles. The Balaban J connectivity index is 0.00000200. The summed E-state index contributed by atoms with van der Waals surface area (Å²) in [5, 5.41) is 4.25. The standard InChI is InChI=1S/C14H18Cl2N2O.ClH/c1-9(11-6-17-7-11)14(19)18(2)8-10-4-3-5-12(15)13(10)16;/h3-5,9,11,17H,6-8H2,1-2H3;1H. The van der Waals surface area contributed by atoms with Gasteiger partial charge in [-0.15, -0.1) is 12.4 Å². The molecule has 0 radical (unpaired) electrons. The average molecular weight is 338 g/mol. The fourth-order valence-electron chi connectivity index (χ4n) is 2.22. The van der Waals surface area contributed by atoms with E-state index in [0.29, 0.717) is 22.5 Å². The molecule has 0 bridgehead atoms. The van der Waals surface area contributed by atoms with Crippen LogP contribution in [0.3, 0.4) is 0 Å². The van der Waals surface area contributed by atoms with Gasteiger partial charge in [0, 0.05) is 19.5 Å². The molecule has 1 unspecified atom stereocenters. The molecule has 1 N–H and O–H groups in total. The van der Waals surface area contributed by atoms with Gasteiger partial charge in [-0.05, 0) is 30.6 Å². The zero-order valence-corrected chi connectivity index (χ0v) is 13.9. The Morgan fingerprint density at radius 1 is 1.45 bits per heavy atom. The number of nitrogens with one attached hydrogen (secondary N) is 1. The van der Waals surface area contributed by atoms with E-state index in [1.54, 1.807) is 11.0 Å². The smallest absolute Gasteiger partial charge is 0.225 e. The fourth-order valence-corrected chi connectivity index (χ4v) is 2.60. The molecule has 20 heavy (non-hydrogen) atoms. The van der Waals surface area contributed by atoms with Gasteiger partial charge in [0.15, 0.2) is 0 Å². The van der Waals surface area contributed by atoms with Crippen molar-refractivity contribution >= 4 is 41.5 Å². The van der Waals surface area contributed by atoms with Gasteiger partial charge in [0.1, 0.15) is 0 Å². The fraction of sp³-hybridized carbons (Fsp3) is 0.500. The second-order valence-electron chi connectivity index (χ2n) is 5.11. The van der Waals surface area contributed by atoms with Gasteiger partial charge in [0.2, 0.25) is 5.91 Å². The van der Waals surface area contributed by atoms with Crippen LogP contribution in [0.5, 0.6) is 0 Å². The molecule has 1 aromatic carbocycles. The highest BCUT2D eigenvalue weighted by Gasteiger charge is 2.30. The SMILES string of the molecule is CC(C(=O)N(C)Cc1cccc(Cl)c1Cl)C1CNC1.Cl. The summed E-state index contributed by atoms with van der Waals surface area (Å²) in [6.07, 6.45) is 0. The van der Waals surface area contributed by atoms with Crippen molar-refractivity contribution in [2.75, 3.05) is 20.1 Å². The molecule has 0 aliphatic carbocycles. The molecule has 112 valence electrons. The first-order chi connectivity index (χ1) is 9.00. The maximum absolute atomic E-state index is 12.3. The summed E-state index contributed by atoms with van der Waals surface area (Å²) in [6.45, 7) is 4.34. The van der Waals surface area contributed by atoms with Crippen LogP contribution < -0.4 is 5.32 Å². The maximum atomic E-state index is 12.3. The van der Waals surface area contributed by atoms with Crippen molar-refractivity contribution in [2.24, 2.45) is 11.8 Å². The van der Waals surface area contributed by atoms with Crippen molar-refractivity contribution in [3.8, 4) is 0 Å². The van der Waals surface area contributed by atoms with Crippen molar-refractivity contribution in [3.63, 3.8) is 0 Å². The Bertz CT molecular complexity index is 477.